The third-order valence-corrected chi connectivity index (χ3v) is 4.07. The molecule has 1 aliphatic heterocycles. The number of hydrogen-bond acceptors (Lipinski definition) is 2. The van der Waals surface area contributed by atoms with E-state index in [0.717, 1.165) is 18.4 Å². The van der Waals surface area contributed by atoms with Gasteiger partial charge in [-0.1, -0.05) is 43.1 Å². The largest absolute Gasteiger partial charge is 0.344 e. The maximum absolute atomic E-state index is 6.21. The van der Waals surface area contributed by atoms with Crippen LogP contribution in [-0.2, 0) is 9.47 Å². The van der Waals surface area contributed by atoms with E-state index >= 15 is 0 Å². The minimum Gasteiger partial charge on any atom is -0.344 e. The molecule has 2 atom stereocenters. The molecule has 2 rings (SSSR count). The van der Waals surface area contributed by atoms with E-state index in [1.165, 1.54) is 0 Å². The van der Waals surface area contributed by atoms with E-state index in [4.69, 9.17) is 32.7 Å². The molecule has 1 heterocycles. The fraction of sp³-hybridized carbons (Fsp3) is 0.500. The van der Waals surface area contributed by atoms with E-state index in [9.17, 15) is 0 Å². The van der Waals surface area contributed by atoms with Crippen LogP contribution in [0, 0.1) is 6.92 Å². The molecule has 0 aliphatic carbocycles. The van der Waals surface area contributed by atoms with Crippen molar-refractivity contribution in [3.05, 3.63) is 40.7 Å². The van der Waals surface area contributed by atoms with E-state index in [1.807, 2.05) is 19.9 Å². The maximum Gasteiger partial charge on any atom is 0.169 e. The molecule has 1 saturated heterocycles. The average molecular weight is 288 g/mol. The molecule has 0 unspecified atom stereocenters. The Hall–Kier alpha value is -0.280. The molecule has 1 fully saturated rings. The first-order chi connectivity index (χ1) is 8.53. The number of halogens is 2. The molecule has 0 bridgehead atoms. The second-order valence-electron chi connectivity index (χ2n) is 4.45. The van der Waals surface area contributed by atoms with Gasteiger partial charge in [0.2, 0.25) is 0 Å². The zero-order valence-corrected chi connectivity index (χ0v) is 12.1. The van der Waals surface area contributed by atoms with Crippen LogP contribution in [0.4, 0.5) is 0 Å². The Kier molecular flexibility index (Phi) is 4.22. The van der Waals surface area contributed by atoms with Crippen molar-refractivity contribution in [1.29, 1.82) is 0 Å². The van der Waals surface area contributed by atoms with Gasteiger partial charge >= 0.3 is 0 Å². The first kappa shape index (κ1) is 14.1. The number of rotatable bonds is 3. The maximum atomic E-state index is 6.21. The highest BCUT2D eigenvalue weighted by Crippen LogP contribution is 2.45. The standard InChI is InChI=1S/C14H17Cl2O2/c1-4-14(5-2)17-9(3)13(18-14)12-10(15)7-6-8-11(12)16/h6-9,13H,3-5H2,1-2H3/t9-,13+/m0/s1. The molecule has 4 heteroatoms. The van der Waals surface area contributed by atoms with Crippen LogP contribution in [0.5, 0.6) is 0 Å². The Labute approximate surface area is 118 Å². The lowest BCUT2D eigenvalue weighted by Crippen LogP contribution is -2.28. The predicted molar refractivity (Wildman–Crippen MR) is 73.8 cm³/mol. The van der Waals surface area contributed by atoms with Gasteiger partial charge in [0, 0.05) is 15.6 Å². The summed E-state index contributed by atoms with van der Waals surface area (Å²) < 4.78 is 11.9. The van der Waals surface area contributed by atoms with Crippen molar-refractivity contribution in [2.75, 3.05) is 0 Å². The van der Waals surface area contributed by atoms with Crippen molar-refractivity contribution in [3.63, 3.8) is 0 Å². The summed E-state index contributed by atoms with van der Waals surface area (Å²) in [5.41, 5.74) is 0.768. The van der Waals surface area contributed by atoms with Gasteiger partial charge in [0.05, 0.1) is 6.10 Å². The fourth-order valence-electron chi connectivity index (χ4n) is 2.28. The normalized spacial score (nSPS) is 26.5. The Morgan fingerprint density at radius 3 is 2.17 bits per heavy atom. The summed E-state index contributed by atoms with van der Waals surface area (Å²) in [6.45, 7) is 8.07. The van der Waals surface area contributed by atoms with Gasteiger partial charge < -0.3 is 9.47 Å². The highest BCUT2D eigenvalue weighted by atomic mass is 35.5. The van der Waals surface area contributed by atoms with Crippen molar-refractivity contribution in [1.82, 2.24) is 0 Å². The quantitative estimate of drug-likeness (QED) is 0.795. The van der Waals surface area contributed by atoms with Gasteiger partial charge in [-0.05, 0) is 31.9 Å². The summed E-state index contributed by atoms with van der Waals surface area (Å²) in [6.07, 6.45) is 0.927. The molecule has 0 N–H and O–H groups in total. The Morgan fingerprint density at radius 2 is 1.72 bits per heavy atom. The van der Waals surface area contributed by atoms with Crippen LogP contribution in [0.1, 0.15) is 38.4 Å². The molecule has 0 saturated carbocycles. The Morgan fingerprint density at radius 1 is 1.17 bits per heavy atom. The van der Waals surface area contributed by atoms with Crippen molar-refractivity contribution in [2.45, 2.75) is 44.7 Å². The highest BCUT2D eigenvalue weighted by Gasteiger charge is 2.45. The van der Waals surface area contributed by atoms with Gasteiger partial charge in [-0.2, -0.15) is 0 Å². The summed E-state index contributed by atoms with van der Waals surface area (Å²) in [7, 11) is 0. The smallest absolute Gasteiger partial charge is 0.169 e. The lowest BCUT2D eigenvalue weighted by molar-refractivity contribution is -0.177. The van der Waals surface area contributed by atoms with Gasteiger partial charge in [0.25, 0.3) is 0 Å². The van der Waals surface area contributed by atoms with Crippen molar-refractivity contribution >= 4 is 23.2 Å². The number of benzene rings is 1. The Balaban J connectivity index is 2.35. The minimum atomic E-state index is -0.570. The van der Waals surface area contributed by atoms with Crippen LogP contribution in [0.2, 0.25) is 10.0 Å². The second kappa shape index (κ2) is 5.38. The van der Waals surface area contributed by atoms with Gasteiger partial charge in [-0.15, -0.1) is 0 Å². The zero-order chi connectivity index (χ0) is 13.3. The average Bonchev–Trinajstić information content (AvgIpc) is 2.68. The van der Waals surface area contributed by atoms with Crippen LogP contribution >= 0.6 is 23.2 Å². The molecule has 1 aromatic rings. The summed E-state index contributed by atoms with van der Waals surface area (Å²) in [5, 5.41) is 1.18. The molecular weight excluding hydrogens is 271 g/mol. The van der Waals surface area contributed by atoms with Crippen LogP contribution in [-0.4, -0.2) is 11.9 Å². The summed E-state index contributed by atoms with van der Waals surface area (Å²) in [6, 6.07) is 5.42. The zero-order valence-electron chi connectivity index (χ0n) is 10.6. The molecular formula is C14H17Cl2O2. The molecule has 0 aromatic heterocycles. The predicted octanol–water partition coefficient (Wildman–Crippen LogP) is 4.80. The molecule has 18 heavy (non-hydrogen) atoms. The molecule has 0 amide bonds. The monoisotopic (exact) mass is 287 g/mol. The Bertz CT molecular complexity index is 410. The van der Waals surface area contributed by atoms with Crippen LogP contribution in [0.25, 0.3) is 0 Å². The molecule has 1 aliphatic rings. The molecule has 1 radical (unpaired) electrons. The van der Waals surface area contributed by atoms with Gasteiger partial charge in [-0.3, -0.25) is 0 Å². The summed E-state index contributed by atoms with van der Waals surface area (Å²) in [4.78, 5) is 0. The molecule has 2 nitrogen and oxygen atoms in total. The van der Waals surface area contributed by atoms with Gasteiger partial charge in [-0.25, -0.2) is 0 Å². The highest BCUT2D eigenvalue weighted by molar-refractivity contribution is 6.36. The van der Waals surface area contributed by atoms with Crippen molar-refractivity contribution in [3.8, 4) is 0 Å². The first-order valence-corrected chi connectivity index (χ1v) is 6.91. The van der Waals surface area contributed by atoms with E-state index in [1.54, 1.807) is 12.1 Å². The van der Waals surface area contributed by atoms with Crippen LogP contribution in [0.3, 0.4) is 0 Å². The lowest BCUT2D eigenvalue weighted by Gasteiger charge is -2.25. The lowest BCUT2D eigenvalue weighted by atomic mass is 10.1. The minimum absolute atomic E-state index is 0.303. The van der Waals surface area contributed by atoms with Gasteiger partial charge in [0.1, 0.15) is 6.10 Å². The van der Waals surface area contributed by atoms with Gasteiger partial charge in [0.15, 0.2) is 5.79 Å². The third-order valence-electron chi connectivity index (χ3n) is 3.41. The SMILES string of the molecule is [CH2][C@@H]1OC(CC)(CC)O[C@H]1c1c(Cl)cccc1Cl. The summed E-state index contributed by atoms with van der Waals surface area (Å²) >= 11 is 12.4. The van der Waals surface area contributed by atoms with Crippen LogP contribution < -0.4 is 0 Å². The molecule has 99 valence electrons. The first-order valence-electron chi connectivity index (χ1n) is 6.15. The number of hydrogen-bond donors (Lipinski definition) is 0. The molecule has 0 spiro atoms. The molecule has 1 aromatic carbocycles. The van der Waals surface area contributed by atoms with E-state index < -0.39 is 5.79 Å². The number of ether oxygens (including phenoxy) is 2. The van der Waals surface area contributed by atoms with E-state index in [2.05, 4.69) is 6.92 Å². The third kappa shape index (κ3) is 2.39. The second-order valence-corrected chi connectivity index (χ2v) is 5.26. The summed E-state index contributed by atoms with van der Waals surface area (Å²) in [5.74, 6) is -0.570. The van der Waals surface area contributed by atoms with E-state index in [0.29, 0.717) is 10.0 Å². The topological polar surface area (TPSA) is 18.5 Å². The van der Waals surface area contributed by atoms with Crippen molar-refractivity contribution < 1.29 is 9.47 Å². The van der Waals surface area contributed by atoms with E-state index in [-0.39, 0.29) is 12.2 Å². The van der Waals surface area contributed by atoms with Crippen molar-refractivity contribution in [2.24, 2.45) is 0 Å². The van der Waals surface area contributed by atoms with Crippen LogP contribution in [0.15, 0.2) is 18.2 Å². The fourth-order valence-corrected chi connectivity index (χ4v) is 2.90.